The van der Waals surface area contributed by atoms with Crippen LogP contribution in [0.1, 0.15) is 23.2 Å². The first-order valence-electron chi connectivity index (χ1n) is 5.43. The summed E-state index contributed by atoms with van der Waals surface area (Å²) >= 11 is 0. The van der Waals surface area contributed by atoms with Crippen molar-refractivity contribution in [3.05, 3.63) is 33.6 Å². The maximum absolute atomic E-state index is 14.0. The zero-order valence-corrected chi connectivity index (χ0v) is 11.4. The Morgan fingerprint density at radius 2 is 2.05 bits per heavy atom. The van der Waals surface area contributed by atoms with Crippen LogP contribution in [0.2, 0.25) is 0 Å². The molecule has 0 atom stereocenters. The molecular weight excluding hydrogens is 315 g/mol. The molecule has 108 valence electrons. The van der Waals surface area contributed by atoms with Gasteiger partial charge in [-0.3, -0.25) is 14.9 Å². The van der Waals surface area contributed by atoms with Gasteiger partial charge in [0.05, 0.1) is 10.5 Å². The van der Waals surface area contributed by atoms with E-state index in [0.717, 1.165) is 12.8 Å². The van der Waals surface area contributed by atoms with Gasteiger partial charge in [0.25, 0.3) is 20.6 Å². The van der Waals surface area contributed by atoms with E-state index in [0.29, 0.717) is 12.1 Å². The summed E-state index contributed by atoms with van der Waals surface area (Å²) in [4.78, 5) is 20.5. The van der Waals surface area contributed by atoms with Crippen molar-refractivity contribution in [1.29, 1.82) is 0 Å². The van der Waals surface area contributed by atoms with Crippen molar-refractivity contribution in [2.45, 2.75) is 23.8 Å². The molecule has 0 saturated heterocycles. The molecule has 1 aromatic carbocycles. The minimum absolute atomic E-state index is 0.114. The summed E-state index contributed by atoms with van der Waals surface area (Å²) < 4.78 is 36.4. The smallest absolute Gasteiger partial charge is 0.271 e. The fourth-order valence-electron chi connectivity index (χ4n) is 1.52. The van der Waals surface area contributed by atoms with Gasteiger partial charge < -0.3 is 5.32 Å². The number of nitrogens with one attached hydrogen (secondary N) is 1. The zero-order valence-electron chi connectivity index (χ0n) is 9.80. The monoisotopic (exact) mass is 322 g/mol. The standard InChI is InChI=1S/C10H8ClFN2O5S/c11-20(18,19)8-4-6(14(16)17)3-7(9(8)12)10(15)13-5-1-2-5/h3-5H,1-2H2,(H,13,15). The molecule has 7 nitrogen and oxygen atoms in total. The summed E-state index contributed by atoms with van der Waals surface area (Å²) in [6, 6.07) is 1.04. The van der Waals surface area contributed by atoms with E-state index >= 15 is 0 Å². The van der Waals surface area contributed by atoms with Gasteiger partial charge in [-0.25, -0.2) is 12.8 Å². The Kier molecular flexibility index (Phi) is 3.65. The molecule has 1 aliphatic carbocycles. The minimum atomic E-state index is -4.55. The molecule has 0 spiro atoms. The van der Waals surface area contributed by atoms with Gasteiger partial charge in [-0.2, -0.15) is 0 Å². The highest BCUT2D eigenvalue weighted by Gasteiger charge is 2.30. The van der Waals surface area contributed by atoms with E-state index < -0.39 is 41.8 Å². The first kappa shape index (κ1) is 14.7. The molecule has 1 amide bonds. The predicted molar refractivity (Wildman–Crippen MR) is 66.6 cm³/mol. The van der Waals surface area contributed by atoms with E-state index in [4.69, 9.17) is 10.7 Å². The number of hydrogen-bond acceptors (Lipinski definition) is 5. The number of rotatable bonds is 4. The van der Waals surface area contributed by atoms with Crippen LogP contribution in [0.15, 0.2) is 17.0 Å². The molecule has 2 rings (SSSR count). The Labute approximate surface area is 117 Å². The van der Waals surface area contributed by atoms with Crippen molar-refractivity contribution < 1.29 is 22.5 Å². The highest BCUT2D eigenvalue weighted by Crippen LogP contribution is 2.28. The Morgan fingerprint density at radius 1 is 1.45 bits per heavy atom. The number of carbonyl (C=O) groups is 1. The van der Waals surface area contributed by atoms with Crippen LogP contribution in [0.3, 0.4) is 0 Å². The van der Waals surface area contributed by atoms with Crippen LogP contribution in [0, 0.1) is 15.9 Å². The van der Waals surface area contributed by atoms with E-state index in [-0.39, 0.29) is 6.04 Å². The first-order valence-corrected chi connectivity index (χ1v) is 7.74. The first-order chi connectivity index (χ1) is 9.20. The minimum Gasteiger partial charge on any atom is -0.349 e. The topological polar surface area (TPSA) is 106 Å². The lowest BCUT2D eigenvalue weighted by Crippen LogP contribution is -2.26. The van der Waals surface area contributed by atoms with Crippen LogP contribution in [0.4, 0.5) is 10.1 Å². The number of halogens is 2. The van der Waals surface area contributed by atoms with Gasteiger partial charge in [-0.05, 0) is 12.8 Å². The summed E-state index contributed by atoms with van der Waals surface area (Å²) in [5, 5.41) is 13.1. The molecule has 0 unspecified atom stereocenters. The number of nitrogens with zero attached hydrogens (tertiary/aromatic N) is 1. The largest absolute Gasteiger partial charge is 0.349 e. The summed E-state index contributed by atoms with van der Waals surface area (Å²) in [5.41, 5.74) is -1.45. The second kappa shape index (κ2) is 4.98. The zero-order chi connectivity index (χ0) is 15.1. The Morgan fingerprint density at radius 3 is 2.50 bits per heavy atom. The van der Waals surface area contributed by atoms with Crippen molar-refractivity contribution in [1.82, 2.24) is 5.32 Å². The maximum Gasteiger partial charge on any atom is 0.271 e. The predicted octanol–water partition coefficient (Wildman–Crippen LogP) is 1.55. The second-order valence-electron chi connectivity index (χ2n) is 4.25. The Balaban J connectivity index is 2.56. The number of nitro benzene ring substituents is 1. The maximum atomic E-state index is 14.0. The number of hydrogen-bond donors (Lipinski definition) is 1. The third kappa shape index (κ3) is 3.05. The van der Waals surface area contributed by atoms with Gasteiger partial charge in [0.15, 0.2) is 5.82 Å². The van der Waals surface area contributed by atoms with Gasteiger partial charge in [-0.1, -0.05) is 0 Å². The van der Waals surface area contributed by atoms with Crippen molar-refractivity contribution in [2.24, 2.45) is 0 Å². The Bertz CT molecular complexity index is 702. The number of non-ortho nitro benzene ring substituents is 1. The normalized spacial score (nSPS) is 14.9. The second-order valence-corrected chi connectivity index (χ2v) is 6.78. The fraction of sp³-hybridized carbons (Fsp3) is 0.300. The van der Waals surface area contributed by atoms with Gasteiger partial charge in [0.2, 0.25) is 0 Å². The molecule has 20 heavy (non-hydrogen) atoms. The van der Waals surface area contributed by atoms with Crippen LogP contribution in [-0.4, -0.2) is 25.3 Å². The molecule has 0 radical (unpaired) electrons. The summed E-state index contributed by atoms with van der Waals surface area (Å²) in [5.74, 6) is -2.31. The lowest BCUT2D eigenvalue weighted by atomic mass is 10.1. The van der Waals surface area contributed by atoms with Crippen LogP contribution in [-0.2, 0) is 9.05 Å². The summed E-state index contributed by atoms with van der Waals surface area (Å²) in [7, 11) is 0.468. The highest BCUT2D eigenvalue weighted by molar-refractivity contribution is 8.13. The van der Waals surface area contributed by atoms with Crippen molar-refractivity contribution in [2.75, 3.05) is 0 Å². The quantitative estimate of drug-likeness (QED) is 0.514. The van der Waals surface area contributed by atoms with Crippen molar-refractivity contribution in [3.8, 4) is 0 Å². The molecule has 1 saturated carbocycles. The molecule has 0 aliphatic heterocycles. The average molecular weight is 323 g/mol. The van der Waals surface area contributed by atoms with Crippen molar-refractivity contribution >= 4 is 31.3 Å². The molecule has 1 aliphatic rings. The third-order valence-corrected chi connectivity index (χ3v) is 3.98. The van der Waals surface area contributed by atoms with E-state index in [1.54, 1.807) is 0 Å². The lowest BCUT2D eigenvalue weighted by molar-refractivity contribution is -0.385. The molecule has 10 heteroatoms. The number of nitro groups is 1. The van der Waals surface area contributed by atoms with Gasteiger partial charge >= 0.3 is 0 Å². The summed E-state index contributed by atoms with van der Waals surface area (Å²) in [6.07, 6.45) is 1.45. The van der Waals surface area contributed by atoms with E-state index in [9.17, 15) is 27.7 Å². The van der Waals surface area contributed by atoms with Crippen molar-refractivity contribution in [3.63, 3.8) is 0 Å². The molecule has 1 aromatic rings. The molecule has 0 heterocycles. The van der Waals surface area contributed by atoms with Gasteiger partial charge in [0, 0.05) is 28.9 Å². The molecule has 0 bridgehead atoms. The fourth-order valence-corrected chi connectivity index (χ4v) is 2.44. The van der Waals surface area contributed by atoms with Gasteiger partial charge in [0.1, 0.15) is 4.90 Å². The van der Waals surface area contributed by atoms with E-state index in [1.165, 1.54) is 0 Å². The molecule has 1 N–H and O–H groups in total. The average Bonchev–Trinajstić information content (AvgIpc) is 3.11. The molecule has 1 fully saturated rings. The van der Waals surface area contributed by atoms with Crippen LogP contribution < -0.4 is 5.32 Å². The number of carbonyl (C=O) groups excluding carboxylic acids is 1. The Hall–Kier alpha value is -1.74. The van der Waals surface area contributed by atoms with E-state index in [1.807, 2.05) is 0 Å². The van der Waals surface area contributed by atoms with Crippen LogP contribution in [0.25, 0.3) is 0 Å². The SMILES string of the molecule is O=C(NC1CC1)c1cc([N+](=O)[O-])cc(S(=O)(=O)Cl)c1F. The molecule has 0 aromatic heterocycles. The van der Waals surface area contributed by atoms with E-state index in [2.05, 4.69) is 5.32 Å². The highest BCUT2D eigenvalue weighted by atomic mass is 35.7. The summed E-state index contributed by atoms with van der Waals surface area (Å²) in [6.45, 7) is 0. The molecular formula is C10H8ClFN2O5S. The van der Waals surface area contributed by atoms with Crippen LogP contribution >= 0.6 is 10.7 Å². The van der Waals surface area contributed by atoms with Crippen LogP contribution in [0.5, 0.6) is 0 Å². The van der Waals surface area contributed by atoms with Gasteiger partial charge in [-0.15, -0.1) is 0 Å². The number of amides is 1. The third-order valence-electron chi connectivity index (χ3n) is 2.65. The number of benzene rings is 1. The lowest BCUT2D eigenvalue weighted by Gasteiger charge is -2.07.